The van der Waals surface area contributed by atoms with Crippen LogP contribution in [0.3, 0.4) is 0 Å². The summed E-state index contributed by atoms with van der Waals surface area (Å²) < 4.78 is 72.7. The van der Waals surface area contributed by atoms with Gasteiger partial charge in [-0.2, -0.15) is 26.3 Å². The van der Waals surface area contributed by atoms with Gasteiger partial charge in [-0.05, 0) is 18.3 Å². The second-order valence-electron chi connectivity index (χ2n) is 4.44. The molecule has 0 radical (unpaired) electrons. The summed E-state index contributed by atoms with van der Waals surface area (Å²) in [6, 6.07) is 0. The lowest BCUT2D eigenvalue weighted by Gasteiger charge is -2.32. The van der Waals surface area contributed by atoms with Crippen LogP contribution in [-0.4, -0.2) is 12.4 Å². The summed E-state index contributed by atoms with van der Waals surface area (Å²) in [6.45, 7) is 3.30. The van der Waals surface area contributed by atoms with Crippen LogP contribution in [0.25, 0.3) is 0 Å². The Bertz CT molecular complexity index is 191. The third-order valence-corrected chi connectivity index (χ3v) is 3.38. The van der Waals surface area contributed by atoms with Gasteiger partial charge in [-0.15, -0.1) is 0 Å². The van der Waals surface area contributed by atoms with Crippen LogP contribution in [-0.2, 0) is 0 Å². The van der Waals surface area contributed by atoms with Crippen molar-refractivity contribution in [2.45, 2.75) is 64.7 Å². The van der Waals surface area contributed by atoms with Crippen molar-refractivity contribution in [3.8, 4) is 0 Å². The second-order valence-corrected chi connectivity index (χ2v) is 4.44. The molecular formula is C11H18F6. The molecule has 0 unspecified atom stereocenters. The zero-order valence-corrected chi connectivity index (χ0v) is 10.0. The van der Waals surface area contributed by atoms with Gasteiger partial charge in [0.05, 0.1) is 0 Å². The van der Waals surface area contributed by atoms with E-state index in [0.717, 1.165) is 0 Å². The molecule has 0 N–H and O–H groups in total. The number of rotatable bonds is 6. The van der Waals surface area contributed by atoms with Crippen LogP contribution in [0.2, 0.25) is 0 Å². The van der Waals surface area contributed by atoms with Crippen LogP contribution < -0.4 is 0 Å². The highest BCUT2D eigenvalue weighted by atomic mass is 19.4. The first-order chi connectivity index (χ1) is 7.54. The fourth-order valence-electron chi connectivity index (χ4n) is 1.90. The van der Waals surface area contributed by atoms with Crippen molar-refractivity contribution < 1.29 is 26.3 Å². The predicted molar refractivity (Wildman–Crippen MR) is 53.6 cm³/mol. The molecule has 0 aromatic heterocycles. The van der Waals surface area contributed by atoms with Gasteiger partial charge in [0.2, 0.25) is 0 Å². The van der Waals surface area contributed by atoms with Crippen molar-refractivity contribution in [3.05, 3.63) is 0 Å². The fourth-order valence-corrected chi connectivity index (χ4v) is 1.90. The summed E-state index contributed by atoms with van der Waals surface area (Å²) in [7, 11) is 0. The number of halogens is 6. The molecule has 6 heteroatoms. The standard InChI is InChI=1S/C11H18F6/c1-3-9(4-2,5-7-10(12,13)14)6-8-11(15,16)17/h3-8H2,1-2H3. The van der Waals surface area contributed by atoms with Crippen molar-refractivity contribution in [1.29, 1.82) is 0 Å². The first-order valence-electron chi connectivity index (χ1n) is 5.67. The summed E-state index contributed by atoms with van der Waals surface area (Å²) in [5.74, 6) is 0. The molecule has 0 aliphatic rings. The van der Waals surface area contributed by atoms with E-state index in [4.69, 9.17) is 0 Å². The molecule has 0 saturated carbocycles. The average molecular weight is 264 g/mol. The van der Waals surface area contributed by atoms with Gasteiger partial charge in [0.1, 0.15) is 0 Å². The van der Waals surface area contributed by atoms with Gasteiger partial charge in [-0.3, -0.25) is 0 Å². The quantitative estimate of drug-likeness (QED) is 0.557. The minimum absolute atomic E-state index is 0.223. The average Bonchev–Trinajstić information content (AvgIpc) is 2.16. The van der Waals surface area contributed by atoms with Gasteiger partial charge in [0.15, 0.2) is 0 Å². The van der Waals surface area contributed by atoms with Gasteiger partial charge in [-0.1, -0.05) is 26.7 Å². The van der Waals surface area contributed by atoms with Crippen molar-refractivity contribution in [3.63, 3.8) is 0 Å². The highest BCUT2D eigenvalue weighted by Crippen LogP contribution is 2.42. The van der Waals surface area contributed by atoms with Crippen LogP contribution in [0.4, 0.5) is 26.3 Å². The highest BCUT2D eigenvalue weighted by Gasteiger charge is 2.37. The van der Waals surface area contributed by atoms with E-state index in [1.165, 1.54) is 0 Å². The Morgan fingerprint density at radius 2 is 0.882 bits per heavy atom. The van der Waals surface area contributed by atoms with Crippen LogP contribution in [0.15, 0.2) is 0 Å². The lowest BCUT2D eigenvalue weighted by atomic mass is 9.74. The first-order valence-corrected chi connectivity index (χ1v) is 5.67. The van der Waals surface area contributed by atoms with Gasteiger partial charge in [0, 0.05) is 12.8 Å². The monoisotopic (exact) mass is 264 g/mol. The molecule has 0 amide bonds. The Hall–Kier alpha value is -0.420. The maximum absolute atomic E-state index is 12.1. The van der Waals surface area contributed by atoms with Gasteiger partial charge >= 0.3 is 12.4 Å². The highest BCUT2D eigenvalue weighted by molar-refractivity contribution is 4.79. The summed E-state index contributed by atoms with van der Waals surface area (Å²) in [4.78, 5) is 0. The van der Waals surface area contributed by atoms with E-state index in [-0.39, 0.29) is 12.8 Å². The van der Waals surface area contributed by atoms with Gasteiger partial charge < -0.3 is 0 Å². The van der Waals surface area contributed by atoms with E-state index < -0.39 is 30.6 Å². The Morgan fingerprint density at radius 3 is 1.06 bits per heavy atom. The van der Waals surface area contributed by atoms with Crippen molar-refractivity contribution in [2.75, 3.05) is 0 Å². The molecule has 0 bridgehead atoms. The molecule has 17 heavy (non-hydrogen) atoms. The maximum Gasteiger partial charge on any atom is 0.389 e. The Morgan fingerprint density at radius 1 is 0.588 bits per heavy atom. The molecule has 0 saturated heterocycles. The number of hydrogen-bond acceptors (Lipinski definition) is 0. The zero-order valence-electron chi connectivity index (χ0n) is 10.0. The van der Waals surface area contributed by atoms with E-state index in [1.807, 2.05) is 0 Å². The summed E-state index contributed by atoms with van der Waals surface area (Å²) in [5, 5.41) is 0. The van der Waals surface area contributed by atoms with Crippen LogP contribution in [0.5, 0.6) is 0 Å². The normalized spacial score (nSPS) is 14.1. The molecule has 0 aliphatic carbocycles. The molecule has 104 valence electrons. The van der Waals surface area contributed by atoms with E-state index in [0.29, 0.717) is 12.8 Å². The third kappa shape index (κ3) is 7.49. The summed E-state index contributed by atoms with van der Waals surface area (Å²) >= 11 is 0. The second kappa shape index (κ2) is 5.96. The van der Waals surface area contributed by atoms with Crippen molar-refractivity contribution >= 4 is 0 Å². The fraction of sp³-hybridized carbons (Fsp3) is 1.00. The molecule has 0 nitrogen and oxygen atoms in total. The largest absolute Gasteiger partial charge is 0.389 e. The Balaban J connectivity index is 4.46. The summed E-state index contributed by atoms with van der Waals surface area (Å²) in [5.41, 5.74) is -0.842. The molecule has 0 aromatic carbocycles. The first kappa shape index (κ1) is 16.6. The van der Waals surface area contributed by atoms with Gasteiger partial charge in [-0.25, -0.2) is 0 Å². The molecule has 0 spiro atoms. The molecule has 0 rings (SSSR count). The molecule has 0 heterocycles. The molecule has 0 aliphatic heterocycles. The minimum Gasteiger partial charge on any atom is -0.171 e. The minimum atomic E-state index is -4.30. The zero-order chi connectivity index (χ0) is 13.7. The predicted octanol–water partition coefficient (Wildman–Crippen LogP) is 5.48. The van der Waals surface area contributed by atoms with E-state index in [9.17, 15) is 26.3 Å². The van der Waals surface area contributed by atoms with E-state index in [2.05, 4.69) is 0 Å². The third-order valence-electron chi connectivity index (χ3n) is 3.38. The lowest BCUT2D eigenvalue weighted by Crippen LogP contribution is -2.25. The molecule has 0 aromatic rings. The van der Waals surface area contributed by atoms with Crippen molar-refractivity contribution in [1.82, 2.24) is 0 Å². The van der Waals surface area contributed by atoms with Crippen LogP contribution in [0, 0.1) is 5.41 Å². The van der Waals surface area contributed by atoms with Crippen LogP contribution in [0.1, 0.15) is 52.4 Å². The van der Waals surface area contributed by atoms with Crippen LogP contribution >= 0.6 is 0 Å². The lowest BCUT2D eigenvalue weighted by molar-refractivity contribution is -0.150. The summed E-state index contributed by atoms with van der Waals surface area (Å²) in [6.07, 6.45) is -10.4. The number of alkyl halides is 6. The maximum atomic E-state index is 12.1. The van der Waals surface area contributed by atoms with E-state index in [1.54, 1.807) is 13.8 Å². The molecular weight excluding hydrogens is 246 g/mol. The van der Waals surface area contributed by atoms with Gasteiger partial charge in [0.25, 0.3) is 0 Å². The SMILES string of the molecule is CCC(CC)(CCC(F)(F)F)CCC(F)(F)F. The molecule has 0 atom stereocenters. The topological polar surface area (TPSA) is 0 Å². The smallest absolute Gasteiger partial charge is 0.171 e. The molecule has 0 fully saturated rings. The van der Waals surface area contributed by atoms with Crippen molar-refractivity contribution in [2.24, 2.45) is 5.41 Å². The Kier molecular flexibility index (Phi) is 5.81. The van der Waals surface area contributed by atoms with E-state index >= 15 is 0 Å². The number of hydrogen-bond donors (Lipinski definition) is 0. The Labute approximate surface area is 97.4 Å².